The molecule has 0 spiro atoms. The second kappa shape index (κ2) is 8.20. The van der Waals surface area contributed by atoms with Gasteiger partial charge >= 0.3 is 0 Å². The summed E-state index contributed by atoms with van der Waals surface area (Å²) in [6, 6.07) is 13.2. The number of anilines is 1. The molecule has 0 aliphatic rings. The fraction of sp³-hybridized carbons (Fsp3) is 0.300. The molecular formula is C20H22N2O3. The third-order valence-electron chi connectivity index (χ3n) is 3.87. The Hall–Kier alpha value is -3.00. The van der Waals surface area contributed by atoms with E-state index in [0.717, 1.165) is 16.7 Å². The van der Waals surface area contributed by atoms with E-state index in [4.69, 9.17) is 9.47 Å². The smallest absolute Gasteiger partial charge is 0.242 e. The van der Waals surface area contributed by atoms with Crippen molar-refractivity contribution in [2.45, 2.75) is 20.3 Å². The van der Waals surface area contributed by atoms with Crippen molar-refractivity contribution in [3.63, 3.8) is 0 Å². The third-order valence-corrected chi connectivity index (χ3v) is 3.87. The van der Waals surface area contributed by atoms with Crippen LogP contribution in [0.4, 0.5) is 5.69 Å². The second-order valence-corrected chi connectivity index (χ2v) is 5.93. The van der Waals surface area contributed by atoms with Gasteiger partial charge in [0.15, 0.2) is 0 Å². The molecule has 5 nitrogen and oxygen atoms in total. The first-order valence-corrected chi connectivity index (χ1v) is 7.96. The van der Waals surface area contributed by atoms with Gasteiger partial charge in [-0.15, -0.1) is 0 Å². The van der Waals surface area contributed by atoms with E-state index in [0.29, 0.717) is 17.2 Å². The van der Waals surface area contributed by atoms with Crippen molar-refractivity contribution in [1.82, 2.24) is 0 Å². The number of hydrogen-bond donors (Lipinski definition) is 1. The maximum atomic E-state index is 12.5. The fourth-order valence-electron chi connectivity index (χ4n) is 2.73. The van der Waals surface area contributed by atoms with Crippen LogP contribution >= 0.6 is 0 Å². The Labute approximate surface area is 148 Å². The number of ether oxygens (including phenoxy) is 2. The van der Waals surface area contributed by atoms with Gasteiger partial charge in [-0.2, -0.15) is 5.26 Å². The van der Waals surface area contributed by atoms with Gasteiger partial charge in [0.25, 0.3) is 0 Å². The highest BCUT2D eigenvalue weighted by Gasteiger charge is 2.21. The Kier molecular flexibility index (Phi) is 6.02. The van der Waals surface area contributed by atoms with Crippen LogP contribution in [0.5, 0.6) is 11.5 Å². The predicted octanol–water partition coefficient (Wildman–Crippen LogP) is 3.64. The molecule has 5 heteroatoms. The van der Waals surface area contributed by atoms with Crippen LogP contribution in [0.25, 0.3) is 0 Å². The molecule has 0 saturated carbocycles. The van der Waals surface area contributed by atoms with Crippen molar-refractivity contribution < 1.29 is 14.3 Å². The van der Waals surface area contributed by atoms with E-state index in [1.807, 2.05) is 32.0 Å². The zero-order chi connectivity index (χ0) is 18.4. The number of carbonyl (C=O) groups is 1. The molecule has 1 N–H and O–H groups in total. The van der Waals surface area contributed by atoms with Gasteiger partial charge in [0.2, 0.25) is 5.91 Å². The first kappa shape index (κ1) is 18.3. The van der Waals surface area contributed by atoms with Crippen molar-refractivity contribution in [2.75, 3.05) is 19.5 Å². The van der Waals surface area contributed by atoms with E-state index in [1.165, 1.54) is 0 Å². The summed E-state index contributed by atoms with van der Waals surface area (Å²) in [6.45, 7) is 3.93. The molecule has 2 rings (SSSR count). The largest absolute Gasteiger partial charge is 0.497 e. The highest BCUT2D eigenvalue weighted by Crippen LogP contribution is 2.27. The molecule has 1 atom stereocenters. The van der Waals surface area contributed by atoms with Gasteiger partial charge in [-0.1, -0.05) is 6.07 Å². The van der Waals surface area contributed by atoms with Crippen LogP contribution in [-0.4, -0.2) is 20.1 Å². The number of nitrogens with one attached hydrogen (secondary N) is 1. The van der Waals surface area contributed by atoms with Gasteiger partial charge in [-0.25, -0.2) is 0 Å². The molecule has 0 bridgehead atoms. The Morgan fingerprint density at radius 1 is 1.12 bits per heavy atom. The van der Waals surface area contributed by atoms with E-state index in [9.17, 15) is 10.1 Å². The average Bonchev–Trinajstić information content (AvgIpc) is 2.58. The quantitative estimate of drug-likeness (QED) is 0.873. The van der Waals surface area contributed by atoms with E-state index >= 15 is 0 Å². The summed E-state index contributed by atoms with van der Waals surface area (Å²) in [4.78, 5) is 12.5. The molecule has 0 aliphatic heterocycles. The maximum Gasteiger partial charge on any atom is 0.242 e. The van der Waals surface area contributed by atoms with Gasteiger partial charge in [0.05, 0.1) is 20.3 Å². The normalized spacial score (nSPS) is 11.3. The molecule has 2 aromatic rings. The molecule has 2 aromatic carbocycles. The van der Waals surface area contributed by atoms with Gasteiger partial charge < -0.3 is 14.8 Å². The van der Waals surface area contributed by atoms with Gasteiger partial charge in [-0.3, -0.25) is 4.79 Å². The Morgan fingerprint density at radius 3 is 2.36 bits per heavy atom. The number of rotatable bonds is 6. The molecule has 130 valence electrons. The van der Waals surface area contributed by atoms with Crippen LogP contribution < -0.4 is 14.8 Å². The third kappa shape index (κ3) is 4.74. The van der Waals surface area contributed by atoms with E-state index in [2.05, 4.69) is 11.4 Å². The van der Waals surface area contributed by atoms with E-state index < -0.39 is 5.92 Å². The van der Waals surface area contributed by atoms with Gasteiger partial charge in [0, 0.05) is 12.1 Å². The minimum atomic E-state index is -0.832. The summed E-state index contributed by atoms with van der Waals surface area (Å²) in [6.07, 6.45) is 0.244. The van der Waals surface area contributed by atoms with Crippen LogP contribution in [-0.2, 0) is 11.2 Å². The van der Waals surface area contributed by atoms with E-state index in [1.54, 1.807) is 32.4 Å². The van der Waals surface area contributed by atoms with Gasteiger partial charge in [-0.05, 0) is 60.9 Å². The zero-order valence-electron chi connectivity index (χ0n) is 14.9. The van der Waals surface area contributed by atoms with Crippen molar-refractivity contribution >= 4 is 11.6 Å². The van der Waals surface area contributed by atoms with Crippen molar-refractivity contribution in [3.8, 4) is 17.6 Å². The zero-order valence-corrected chi connectivity index (χ0v) is 14.9. The summed E-state index contributed by atoms with van der Waals surface area (Å²) in [7, 11) is 3.13. The number of amides is 1. The number of methoxy groups -OCH3 is 2. The Bertz CT molecular complexity index is 789. The summed E-state index contributed by atoms with van der Waals surface area (Å²) in [5.74, 6) is 0.113. The van der Waals surface area contributed by atoms with Gasteiger partial charge in [0.1, 0.15) is 17.4 Å². The number of nitrogens with zero attached hydrogens (tertiary/aromatic N) is 1. The minimum Gasteiger partial charge on any atom is -0.497 e. The number of hydrogen-bond acceptors (Lipinski definition) is 4. The number of carbonyl (C=O) groups excluding carboxylic acids is 1. The molecule has 0 radical (unpaired) electrons. The number of nitriles is 1. The first-order valence-electron chi connectivity index (χ1n) is 7.96. The highest BCUT2D eigenvalue weighted by atomic mass is 16.5. The van der Waals surface area contributed by atoms with Crippen LogP contribution in [0.2, 0.25) is 0 Å². The highest BCUT2D eigenvalue weighted by molar-refractivity contribution is 5.94. The molecule has 0 heterocycles. The number of benzene rings is 2. The van der Waals surface area contributed by atoms with Crippen molar-refractivity contribution in [2.24, 2.45) is 5.92 Å². The fourth-order valence-corrected chi connectivity index (χ4v) is 2.73. The van der Waals surface area contributed by atoms with Crippen LogP contribution in [0.3, 0.4) is 0 Å². The molecule has 0 aliphatic carbocycles. The maximum absolute atomic E-state index is 12.5. The minimum absolute atomic E-state index is 0.244. The van der Waals surface area contributed by atoms with Crippen LogP contribution in [0, 0.1) is 31.1 Å². The molecular weight excluding hydrogens is 316 g/mol. The Balaban J connectivity index is 2.19. The lowest BCUT2D eigenvalue weighted by molar-refractivity contribution is -0.118. The SMILES string of the molecule is COc1ccc(OC)c(CC(C#N)C(=O)Nc2cc(C)cc(C)c2)c1. The van der Waals surface area contributed by atoms with Crippen molar-refractivity contribution in [1.29, 1.82) is 5.26 Å². The van der Waals surface area contributed by atoms with Crippen LogP contribution in [0.1, 0.15) is 16.7 Å². The molecule has 1 unspecified atom stereocenters. The van der Waals surface area contributed by atoms with E-state index in [-0.39, 0.29) is 12.3 Å². The molecule has 0 fully saturated rings. The lowest BCUT2D eigenvalue weighted by Crippen LogP contribution is -2.23. The lowest BCUT2D eigenvalue weighted by atomic mass is 9.98. The number of aryl methyl sites for hydroxylation is 2. The monoisotopic (exact) mass is 338 g/mol. The topological polar surface area (TPSA) is 71.3 Å². The van der Waals surface area contributed by atoms with Crippen LogP contribution in [0.15, 0.2) is 36.4 Å². The summed E-state index contributed by atoms with van der Waals surface area (Å²) in [5.41, 5.74) is 3.56. The van der Waals surface area contributed by atoms with Crippen molar-refractivity contribution in [3.05, 3.63) is 53.1 Å². The summed E-state index contributed by atoms with van der Waals surface area (Å²) in [5, 5.41) is 12.3. The molecule has 0 aromatic heterocycles. The lowest BCUT2D eigenvalue weighted by Gasteiger charge is -2.14. The average molecular weight is 338 g/mol. The Morgan fingerprint density at radius 2 is 1.80 bits per heavy atom. The summed E-state index contributed by atoms with van der Waals surface area (Å²) < 4.78 is 10.5. The molecule has 1 amide bonds. The summed E-state index contributed by atoms with van der Waals surface area (Å²) >= 11 is 0. The first-order chi connectivity index (χ1) is 12.0. The predicted molar refractivity (Wildman–Crippen MR) is 96.9 cm³/mol. The molecule has 0 saturated heterocycles. The standard InChI is InChI=1S/C20H22N2O3/c1-13-7-14(2)9-17(8-13)22-20(23)16(12-21)10-15-11-18(24-3)5-6-19(15)25-4/h5-9,11,16H,10H2,1-4H3,(H,22,23). The molecule has 25 heavy (non-hydrogen) atoms. The second-order valence-electron chi connectivity index (χ2n) is 5.93.